The Morgan fingerprint density at radius 3 is 2.50 bits per heavy atom. The average Bonchev–Trinajstić information content (AvgIpc) is 3.19. The second-order valence-corrected chi connectivity index (χ2v) is 8.59. The number of hydrogen-bond donors (Lipinski definition) is 0. The van der Waals surface area contributed by atoms with Crippen molar-refractivity contribution in [1.29, 1.82) is 0 Å². The first-order chi connectivity index (χ1) is 15.6. The van der Waals surface area contributed by atoms with Gasteiger partial charge in [-0.05, 0) is 39.2 Å². The van der Waals surface area contributed by atoms with Crippen molar-refractivity contribution in [2.45, 2.75) is 78.8 Å². The monoisotopic (exact) mass is 440 g/mol. The van der Waals surface area contributed by atoms with E-state index in [0.29, 0.717) is 18.1 Å². The molecule has 0 radical (unpaired) electrons. The highest BCUT2D eigenvalue weighted by Crippen LogP contribution is 2.42. The van der Waals surface area contributed by atoms with E-state index < -0.39 is 0 Å². The first-order valence-electron chi connectivity index (χ1n) is 12.5. The van der Waals surface area contributed by atoms with Crippen molar-refractivity contribution in [1.82, 2.24) is 4.90 Å². The minimum absolute atomic E-state index is 0.188. The lowest BCUT2D eigenvalue weighted by Gasteiger charge is -2.35. The highest BCUT2D eigenvalue weighted by atomic mass is 16.5. The fourth-order valence-electron chi connectivity index (χ4n) is 4.80. The summed E-state index contributed by atoms with van der Waals surface area (Å²) in [5.41, 5.74) is 3.04. The smallest absolute Gasteiger partial charge is 0.343 e. The van der Waals surface area contributed by atoms with Crippen molar-refractivity contribution in [2.24, 2.45) is 0 Å². The van der Waals surface area contributed by atoms with E-state index in [1.54, 1.807) is 0 Å². The highest BCUT2D eigenvalue weighted by molar-refractivity contribution is 5.97. The number of fused-ring (bicyclic) bond motifs is 1. The van der Waals surface area contributed by atoms with Crippen LogP contribution in [0.3, 0.4) is 0 Å². The molecule has 0 N–H and O–H groups in total. The van der Waals surface area contributed by atoms with Crippen LogP contribution in [0.15, 0.2) is 34.7 Å². The molecular formula is C27H40N2O3. The lowest BCUT2D eigenvalue weighted by Crippen LogP contribution is -2.35. The maximum absolute atomic E-state index is 13.0. The number of anilines is 1. The number of rotatable bonds is 12. The third-order valence-electron chi connectivity index (χ3n) is 6.50. The minimum Gasteiger partial charge on any atom is -0.462 e. The Morgan fingerprint density at radius 2 is 1.84 bits per heavy atom. The average molecular weight is 441 g/mol. The van der Waals surface area contributed by atoms with Crippen LogP contribution >= 0.6 is 0 Å². The Balaban J connectivity index is 1.98. The summed E-state index contributed by atoms with van der Waals surface area (Å²) in [6, 6.07) is 10.8. The van der Waals surface area contributed by atoms with Gasteiger partial charge in [0.2, 0.25) is 5.88 Å². The van der Waals surface area contributed by atoms with Crippen LogP contribution in [0.25, 0.3) is 0 Å². The number of carbonyl (C=O) groups excluding carboxylic acids is 1. The van der Waals surface area contributed by atoms with Crippen LogP contribution in [0, 0.1) is 0 Å². The van der Waals surface area contributed by atoms with Gasteiger partial charge in [-0.25, -0.2) is 4.79 Å². The number of unbranched alkanes of at least 4 members (excludes halogenated alkanes) is 3. The molecule has 0 aliphatic carbocycles. The Morgan fingerprint density at radius 1 is 1.09 bits per heavy atom. The lowest BCUT2D eigenvalue weighted by molar-refractivity contribution is 0.0524. The molecule has 2 heterocycles. The second kappa shape index (κ2) is 12.1. The van der Waals surface area contributed by atoms with Gasteiger partial charge in [-0.1, -0.05) is 62.9 Å². The number of ether oxygens (including phenoxy) is 1. The van der Waals surface area contributed by atoms with Gasteiger partial charge in [0, 0.05) is 31.7 Å². The van der Waals surface area contributed by atoms with Crippen molar-refractivity contribution < 1.29 is 13.9 Å². The van der Waals surface area contributed by atoms with Crippen LogP contribution < -0.4 is 4.90 Å². The van der Waals surface area contributed by atoms with Crippen molar-refractivity contribution in [3.8, 4) is 0 Å². The van der Waals surface area contributed by atoms with Crippen LogP contribution in [0.2, 0.25) is 0 Å². The Bertz CT molecular complexity index is 842. The highest BCUT2D eigenvalue weighted by Gasteiger charge is 2.37. The summed E-state index contributed by atoms with van der Waals surface area (Å²) in [5.74, 6) is 1.42. The molecule has 0 saturated carbocycles. The fourth-order valence-corrected chi connectivity index (χ4v) is 4.80. The van der Waals surface area contributed by atoms with E-state index in [9.17, 15) is 4.79 Å². The minimum atomic E-state index is -0.249. The molecule has 5 heteroatoms. The van der Waals surface area contributed by atoms with Crippen molar-refractivity contribution in [2.75, 3.05) is 31.1 Å². The van der Waals surface area contributed by atoms with Gasteiger partial charge < -0.3 is 14.1 Å². The van der Waals surface area contributed by atoms with Crippen LogP contribution in [-0.2, 0) is 17.7 Å². The molecule has 32 heavy (non-hydrogen) atoms. The molecule has 1 aliphatic rings. The van der Waals surface area contributed by atoms with Gasteiger partial charge in [0.05, 0.1) is 12.6 Å². The van der Waals surface area contributed by atoms with Crippen LogP contribution in [0.4, 0.5) is 5.88 Å². The number of hydrogen-bond acceptors (Lipinski definition) is 5. The van der Waals surface area contributed by atoms with E-state index in [2.05, 4.69) is 60.9 Å². The summed E-state index contributed by atoms with van der Waals surface area (Å²) in [7, 11) is 0. The largest absolute Gasteiger partial charge is 0.462 e. The molecule has 0 bridgehead atoms. The van der Waals surface area contributed by atoms with E-state index >= 15 is 0 Å². The molecule has 5 nitrogen and oxygen atoms in total. The van der Waals surface area contributed by atoms with Gasteiger partial charge in [0.15, 0.2) is 0 Å². The van der Waals surface area contributed by atoms with E-state index in [4.69, 9.17) is 9.15 Å². The molecular weight excluding hydrogens is 400 g/mol. The van der Waals surface area contributed by atoms with Crippen LogP contribution in [0.5, 0.6) is 0 Å². The Hall–Kier alpha value is -2.27. The van der Waals surface area contributed by atoms with Crippen molar-refractivity contribution in [3.63, 3.8) is 0 Å². The standard InChI is InChI=1S/C27H40N2O3/c1-5-9-10-14-17-23-25-22(18-19-29(23)20-21-15-12-11-13-16-21)24(27(30)31-8-4)26(32-25)28(6-2)7-3/h11-13,15-16,23H,5-10,14,17-20H2,1-4H3. The second-order valence-electron chi connectivity index (χ2n) is 8.59. The normalized spacial score (nSPS) is 16.1. The molecule has 3 rings (SSSR count). The summed E-state index contributed by atoms with van der Waals surface area (Å²) >= 11 is 0. The molecule has 2 aromatic rings. The molecule has 1 unspecified atom stereocenters. The molecule has 0 fully saturated rings. The van der Waals surface area contributed by atoms with E-state index in [1.165, 1.54) is 31.2 Å². The molecule has 0 amide bonds. The van der Waals surface area contributed by atoms with E-state index in [1.807, 2.05) is 6.92 Å². The van der Waals surface area contributed by atoms with Crippen molar-refractivity contribution >= 4 is 11.9 Å². The molecule has 1 atom stereocenters. The zero-order valence-corrected chi connectivity index (χ0v) is 20.4. The summed E-state index contributed by atoms with van der Waals surface area (Å²) in [4.78, 5) is 17.7. The van der Waals surface area contributed by atoms with Gasteiger partial charge in [0.1, 0.15) is 11.3 Å². The fraction of sp³-hybridized carbons (Fsp3) is 0.593. The third-order valence-corrected chi connectivity index (χ3v) is 6.50. The predicted octanol–water partition coefficient (Wildman–Crippen LogP) is 6.37. The van der Waals surface area contributed by atoms with Gasteiger partial charge in [-0.3, -0.25) is 4.90 Å². The molecule has 1 aromatic heterocycles. The summed E-state index contributed by atoms with van der Waals surface area (Å²) in [6.45, 7) is 12.1. The topological polar surface area (TPSA) is 45.9 Å². The SMILES string of the molecule is CCCCCCC1c2oc(N(CC)CC)c(C(=O)OCC)c2CCN1Cc1ccccc1. The zero-order chi connectivity index (χ0) is 22.9. The Kier molecular flexibility index (Phi) is 9.22. The van der Waals surface area contributed by atoms with Crippen LogP contribution in [-0.4, -0.2) is 37.1 Å². The quantitative estimate of drug-likeness (QED) is 0.283. The number of nitrogens with zero attached hydrogens (tertiary/aromatic N) is 2. The van der Waals surface area contributed by atoms with Crippen LogP contribution in [0.1, 0.15) is 93.1 Å². The van der Waals surface area contributed by atoms with Crippen molar-refractivity contribution in [3.05, 3.63) is 52.8 Å². The lowest BCUT2D eigenvalue weighted by atomic mass is 9.92. The first-order valence-corrected chi connectivity index (χ1v) is 12.5. The number of furan rings is 1. The van der Waals surface area contributed by atoms with E-state index in [-0.39, 0.29) is 12.0 Å². The molecule has 1 aliphatic heterocycles. The summed E-state index contributed by atoms with van der Waals surface area (Å²) in [5, 5.41) is 0. The van der Waals surface area contributed by atoms with E-state index in [0.717, 1.165) is 50.3 Å². The maximum atomic E-state index is 13.0. The summed E-state index contributed by atoms with van der Waals surface area (Å²) in [6.07, 6.45) is 6.74. The first kappa shape index (κ1) is 24.4. The van der Waals surface area contributed by atoms with Gasteiger partial charge in [-0.2, -0.15) is 0 Å². The molecule has 0 spiro atoms. The van der Waals surface area contributed by atoms with Gasteiger partial charge in [-0.15, -0.1) is 0 Å². The molecule has 1 aromatic carbocycles. The Labute approximate surface area is 193 Å². The number of carbonyl (C=O) groups is 1. The predicted molar refractivity (Wildman–Crippen MR) is 130 cm³/mol. The number of esters is 1. The third kappa shape index (κ3) is 5.55. The summed E-state index contributed by atoms with van der Waals surface area (Å²) < 4.78 is 12.0. The number of benzene rings is 1. The maximum Gasteiger partial charge on any atom is 0.343 e. The molecule has 176 valence electrons. The van der Waals surface area contributed by atoms with Gasteiger partial charge in [0.25, 0.3) is 0 Å². The molecule has 0 saturated heterocycles. The van der Waals surface area contributed by atoms with Gasteiger partial charge >= 0.3 is 5.97 Å². The zero-order valence-electron chi connectivity index (χ0n) is 20.4.